The number of aromatic amines is 2. The number of nitrogens with zero attached hydrogens (tertiary/aromatic N) is 6. The normalized spacial score (nSPS) is 18.8. The van der Waals surface area contributed by atoms with Crippen LogP contribution in [0.15, 0.2) is 73.3 Å². The molecule has 4 aromatic heterocycles. The summed E-state index contributed by atoms with van der Waals surface area (Å²) in [7, 11) is 6.37. The highest BCUT2D eigenvalue weighted by Gasteiger charge is 2.44. The molecule has 4 atom stereocenters. The minimum absolute atomic E-state index is 0.0549. The van der Waals surface area contributed by atoms with Crippen LogP contribution < -0.4 is 0 Å². The summed E-state index contributed by atoms with van der Waals surface area (Å²) in [5.74, 6) is -3.50. The highest BCUT2D eigenvalue weighted by atomic mass is 16.5. The third-order valence-corrected chi connectivity index (χ3v) is 11.4. The Balaban J connectivity index is 1.11. The van der Waals surface area contributed by atoms with Crippen LogP contribution in [0.4, 0.5) is 9.59 Å². The van der Waals surface area contributed by atoms with Crippen LogP contribution in [-0.4, -0.2) is 103 Å². The number of hydrogen-bond donors (Lipinski definition) is 2. The molecular weight excluding hydrogens is 769 g/mol. The molecule has 2 N–H and O–H groups in total. The van der Waals surface area contributed by atoms with Gasteiger partial charge >= 0.3 is 24.0 Å². The number of amides is 2. The number of rotatable bonds is 8. The number of aromatic nitrogens is 6. The molecule has 0 fully saturated rings. The molecule has 0 bridgehead atoms. The second kappa shape index (κ2) is 15.6. The molecule has 6 aromatic rings. The van der Waals surface area contributed by atoms with Gasteiger partial charge in [0.25, 0.3) is 0 Å². The Kier molecular flexibility index (Phi) is 10.3. The van der Waals surface area contributed by atoms with Crippen LogP contribution in [-0.2, 0) is 31.9 Å². The number of esters is 2. The van der Waals surface area contributed by atoms with Crippen molar-refractivity contribution in [1.29, 1.82) is 0 Å². The van der Waals surface area contributed by atoms with Gasteiger partial charge < -0.3 is 29.2 Å². The Hall–Kier alpha value is -7.10. The maximum atomic E-state index is 14.3. The van der Waals surface area contributed by atoms with Crippen LogP contribution in [0.2, 0.25) is 0 Å². The van der Waals surface area contributed by atoms with E-state index >= 15 is 0 Å². The van der Waals surface area contributed by atoms with Gasteiger partial charge in [-0.1, -0.05) is 36.4 Å². The van der Waals surface area contributed by atoms with Gasteiger partial charge in [-0.2, -0.15) is 0 Å². The van der Waals surface area contributed by atoms with Crippen LogP contribution in [0, 0.1) is 25.7 Å². The molecule has 2 amide bonds. The van der Waals surface area contributed by atoms with E-state index < -0.39 is 48.0 Å². The molecule has 0 saturated heterocycles. The number of fused-ring (bicyclic) bond motifs is 6. The molecular formula is C44H44N8O8. The lowest BCUT2D eigenvalue weighted by atomic mass is 9.80. The van der Waals surface area contributed by atoms with Crippen molar-refractivity contribution in [1.82, 2.24) is 38.9 Å². The lowest BCUT2D eigenvalue weighted by Crippen LogP contribution is -2.35. The minimum Gasteiger partial charge on any atom is -0.453 e. The molecule has 4 unspecified atom stereocenters. The summed E-state index contributed by atoms with van der Waals surface area (Å²) in [5, 5.41) is 1.10. The van der Waals surface area contributed by atoms with Crippen LogP contribution in [0.25, 0.3) is 21.8 Å². The summed E-state index contributed by atoms with van der Waals surface area (Å²) >= 11 is 0. The van der Waals surface area contributed by atoms with Crippen LogP contribution in [0.1, 0.15) is 79.9 Å². The Morgan fingerprint density at radius 2 is 1.05 bits per heavy atom. The maximum absolute atomic E-state index is 14.3. The van der Waals surface area contributed by atoms with Gasteiger partial charge in [-0.3, -0.25) is 18.7 Å². The predicted octanol–water partition coefficient (Wildman–Crippen LogP) is 6.03. The topological polar surface area (TPSA) is 195 Å². The van der Waals surface area contributed by atoms with Gasteiger partial charge in [0.05, 0.1) is 57.6 Å². The van der Waals surface area contributed by atoms with E-state index in [1.807, 2.05) is 13.8 Å². The highest BCUT2D eigenvalue weighted by molar-refractivity contribution is 6.15. The first kappa shape index (κ1) is 39.7. The van der Waals surface area contributed by atoms with Gasteiger partial charge in [-0.15, -0.1) is 0 Å². The molecule has 16 heteroatoms. The molecule has 308 valence electrons. The Bertz CT molecular complexity index is 2580. The fraction of sp³-hybridized carbons (Fsp3) is 0.318. The van der Waals surface area contributed by atoms with Crippen molar-refractivity contribution in [2.45, 2.75) is 51.7 Å². The minimum atomic E-state index is -1.06. The number of H-pyrrole nitrogens is 2. The number of para-hydroxylation sites is 2. The van der Waals surface area contributed by atoms with E-state index in [2.05, 4.69) is 19.9 Å². The fourth-order valence-electron chi connectivity index (χ4n) is 8.53. The fourth-order valence-corrected chi connectivity index (χ4v) is 8.53. The van der Waals surface area contributed by atoms with Crippen molar-refractivity contribution in [3.8, 4) is 0 Å². The lowest BCUT2D eigenvalue weighted by molar-refractivity contribution is -0.147. The molecule has 8 rings (SSSR count). The van der Waals surface area contributed by atoms with E-state index in [1.54, 1.807) is 89.4 Å². The third kappa shape index (κ3) is 6.86. The van der Waals surface area contributed by atoms with E-state index in [0.29, 0.717) is 33.2 Å². The zero-order valence-electron chi connectivity index (χ0n) is 34.0. The summed E-state index contributed by atoms with van der Waals surface area (Å²) in [5.41, 5.74) is 5.04. The van der Waals surface area contributed by atoms with E-state index in [9.17, 15) is 28.8 Å². The van der Waals surface area contributed by atoms with E-state index in [4.69, 9.17) is 9.47 Å². The average molecular weight is 813 g/mol. The number of carbonyl (C=O) groups is 6. The molecule has 0 saturated carbocycles. The predicted molar refractivity (Wildman–Crippen MR) is 219 cm³/mol. The molecule has 16 nitrogen and oxygen atoms in total. The second-order valence-electron chi connectivity index (χ2n) is 15.7. The number of imidazole rings is 2. The monoisotopic (exact) mass is 812 g/mol. The summed E-state index contributed by atoms with van der Waals surface area (Å²) in [6.07, 6.45) is 3.51. The number of hydrogen-bond acceptors (Lipinski definition) is 10. The quantitative estimate of drug-likeness (QED) is 0.135. The zero-order valence-corrected chi connectivity index (χ0v) is 34.0. The molecule has 4 heterocycles. The third-order valence-electron chi connectivity index (χ3n) is 11.4. The van der Waals surface area contributed by atoms with Gasteiger partial charge in [0.15, 0.2) is 11.6 Å². The number of aryl methyl sites for hydroxylation is 2. The summed E-state index contributed by atoms with van der Waals surface area (Å²) < 4.78 is 14.9. The van der Waals surface area contributed by atoms with Crippen LogP contribution in [0.3, 0.4) is 0 Å². The number of carbonyl (C=O) groups excluding carboxylic acids is 6. The van der Waals surface area contributed by atoms with E-state index in [1.165, 1.54) is 18.9 Å². The molecule has 0 radical (unpaired) electrons. The lowest BCUT2D eigenvalue weighted by Gasteiger charge is -2.30. The Labute approximate surface area is 344 Å². The van der Waals surface area contributed by atoms with Gasteiger partial charge in [0.1, 0.15) is 12.2 Å². The van der Waals surface area contributed by atoms with Crippen molar-refractivity contribution >= 4 is 57.4 Å². The molecule has 2 aliphatic rings. The highest BCUT2D eigenvalue weighted by Crippen LogP contribution is 2.44. The van der Waals surface area contributed by atoms with E-state index in [-0.39, 0.29) is 59.8 Å². The number of Topliss-reactive ketones (excluding diaryl/α,β-unsaturated/α-hetero) is 2. The van der Waals surface area contributed by atoms with Crippen molar-refractivity contribution < 1.29 is 38.2 Å². The van der Waals surface area contributed by atoms with Crippen LogP contribution in [0.5, 0.6) is 0 Å². The van der Waals surface area contributed by atoms with Crippen molar-refractivity contribution in [3.63, 3.8) is 0 Å². The Morgan fingerprint density at radius 1 is 0.667 bits per heavy atom. The standard InChI is InChI=1S/C44H44N8O8/c1-23-29(47-21-45-23)17-25-19-33(39-37(41(25)55)27-11-7-9-13-31(27)51(39)43(57)49(3)4)59-35(53)15-16-36(54)60-34-20-26(18-30-24(2)46-22-48-30)42(56)38-28-12-8-10-14-32(28)52(40(34)38)44(58)50(5)6/h7-16,21-22,25-26,33-34H,17-20H2,1-6H3,(H,45,47)(H,46,48)/b16-15-. The van der Waals surface area contributed by atoms with Gasteiger partial charge in [-0.25, -0.2) is 29.1 Å². The van der Waals surface area contributed by atoms with Crippen LogP contribution >= 0.6 is 0 Å². The summed E-state index contributed by atoms with van der Waals surface area (Å²) in [6, 6.07) is 13.2. The number of ether oxygens (including phenoxy) is 2. The first-order valence-corrected chi connectivity index (χ1v) is 19.6. The van der Waals surface area contributed by atoms with Crippen molar-refractivity contribution in [2.75, 3.05) is 28.2 Å². The number of benzene rings is 2. The van der Waals surface area contributed by atoms with Gasteiger partial charge in [-0.05, 0) is 26.0 Å². The first-order chi connectivity index (χ1) is 28.7. The zero-order chi connectivity index (χ0) is 42.6. The van der Waals surface area contributed by atoms with Crippen molar-refractivity contribution in [2.24, 2.45) is 11.8 Å². The average Bonchev–Trinajstić information content (AvgIpc) is 4.00. The summed E-state index contributed by atoms with van der Waals surface area (Å²) in [4.78, 5) is 101. The first-order valence-electron chi connectivity index (χ1n) is 19.6. The molecule has 2 aliphatic carbocycles. The second-order valence-corrected chi connectivity index (χ2v) is 15.7. The van der Waals surface area contributed by atoms with Gasteiger partial charge in [0.2, 0.25) is 0 Å². The number of ketones is 2. The summed E-state index contributed by atoms with van der Waals surface area (Å²) in [6.45, 7) is 3.71. The van der Waals surface area contributed by atoms with E-state index in [0.717, 1.165) is 23.5 Å². The number of nitrogens with one attached hydrogen (secondary N) is 2. The van der Waals surface area contributed by atoms with Gasteiger partial charge in [0, 0.05) is 100 Å². The SMILES string of the molecule is Cc1[nH]cnc1CC1CC(OC(=O)/C=C\C(=O)OC2CC(Cc3nc[nH]c3C)C(=O)c3c2n(C(=O)N(C)C)c2ccccc32)c2c(c3ccccc3n2C(=O)N(C)C)C1=O. The Morgan fingerprint density at radius 3 is 1.40 bits per heavy atom. The smallest absolute Gasteiger partial charge is 0.331 e. The molecule has 2 aromatic carbocycles. The molecule has 60 heavy (non-hydrogen) atoms. The molecule has 0 spiro atoms. The maximum Gasteiger partial charge on any atom is 0.331 e. The van der Waals surface area contributed by atoms with Crippen molar-refractivity contribution in [3.05, 3.63) is 119 Å². The largest absolute Gasteiger partial charge is 0.453 e. The molecule has 0 aliphatic heterocycles.